The summed E-state index contributed by atoms with van der Waals surface area (Å²) >= 11 is 0. The Morgan fingerprint density at radius 2 is 1.77 bits per heavy atom. The minimum Gasteiger partial charge on any atom is -0.485 e. The summed E-state index contributed by atoms with van der Waals surface area (Å²) in [7, 11) is 0. The molecule has 2 nitrogen and oxygen atoms in total. The first-order valence-corrected chi connectivity index (χ1v) is 6.40. The summed E-state index contributed by atoms with van der Waals surface area (Å²) in [6.45, 7) is -0.177. The fourth-order valence-corrected chi connectivity index (χ4v) is 2.12. The number of hydrogen-bond donors (Lipinski definition) is 0. The summed E-state index contributed by atoms with van der Waals surface area (Å²) in [4.78, 5) is 0. The maximum absolute atomic E-state index is 13.1. The number of furan rings is 1. The normalized spacial score (nSPS) is 11.8. The zero-order chi connectivity index (χ0) is 15.7. The highest BCUT2D eigenvalue weighted by molar-refractivity contribution is 5.77. The van der Waals surface area contributed by atoms with Crippen molar-refractivity contribution in [3.63, 3.8) is 0 Å². The van der Waals surface area contributed by atoms with E-state index in [2.05, 4.69) is 0 Å². The van der Waals surface area contributed by atoms with Gasteiger partial charge in [-0.05, 0) is 36.4 Å². The van der Waals surface area contributed by atoms with Gasteiger partial charge in [-0.25, -0.2) is 4.39 Å². The van der Waals surface area contributed by atoms with Crippen LogP contribution in [0.5, 0.6) is 5.75 Å². The molecule has 0 aliphatic rings. The van der Waals surface area contributed by atoms with E-state index in [1.54, 1.807) is 0 Å². The number of benzene rings is 2. The van der Waals surface area contributed by atoms with Gasteiger partial charge >= 0.3 is 6.18 Å². The standard InChI is InChI=1S/C16H10F4O2/c17-11-5-6-14-10(7-11)8-12(22-14)9-21-15-4-2-1-3-13(15)16(18,19)20/h1-8H,9H2. The molecule has 0 bridgehead atoms. The van der Waals surface area contributed by atoms with Crippen LogP contribution >= 0.6 is 0 Å². The highest BCUT2D eigenvalue weighted by Crippen LogP contribution is 2.36. The van der Waals surface area contributed by atoms with Crippen molar-refractivity contribution >= 4 is 11.0 Å². The molecule has 0 saturated carbocycles. The highest BCUT2D eigenvalue weighted by Gasteiger charge is 2.34. The van der Waals surface area contributed by atoms with Crippen molar-refractivity contribution < 1.29 is 26.7 Å². The number of para-hydroxylation sites is 1. The smallest absolute Gasteiger partial charge is 0.419 e. The van der Waals surface area contributed by atoms with Crippen LogP contribution in [0.2, 0.25) is 0 Å². The molecule has 1 heterocycles. The highest BCUT2D eigenvalue weighted by atomic mass is 19.4. The molecule has 0 spiro atoms. The lowest BCUT2D eigenvalue weighted by Crippen LogP contribution is -2.08. The maximum Gasteiger partial charge on any atom is 0.419 e. The zero-order valence-electron chi connectivity index (χ0n) is 11.2. The average molecular weight is 310 g/mol. The Balaban J connectivity index is 1.82. The van der Waals surface area contributed by atoms with Gasteiger partial charge in [-0.15, -0.1) is 0 Å². The summed E-state index contributed by atoms with van der Waals surface area (Å²) in [6, 6.07) is 10.5. The summed E-state index contributed by atoms with van der Waals surface area (Å²) in [5, 5.41) is 0.530. The first-order valence-electron chi connectivity index (χ1n) is 6.40. The van der Waals surface area contributed by atoms with Crippen LogP contribution in [0.4, 0.5) is 17.6 Å². The van der Waals surface area contributed by atoms with Gasteiger partial charge in [0.1, 0.15) is 29.5 Å². The lowest BCUT2D eigenvalue weighted by molar-refractivity contribution is -0.139. The largest absolute Gasteiger partial charge is 0.485 e. The molecular formula is C16H10F4O2. The van der Waals surface area contributed by atoms with Crippen molar-refractivity contribution in [1.29, 1.82) is 0 Å². The molecule has 6 heteroatoms. The second kappa shape index (κ2) is 5.36. The molecule has 3 aromatic rings. The molecule has 0 radical (unpaired) electrons. The Labute approximate surface area is 122 Å². The van der Waals surface area contributed by atoms with Crippen LogP contribution in [0.25, 0.3) is 11.0 Å². The predicted molar refractivity (Wildman–Crippen MR) is 71.9 cm³/mol. The van der Waals surface area contributed by atoms with E-state index in [9.17, 15) is 17.6 Å². The van der Waals surface area contributed by atoms with Crippen LogP contribution in [0.3, 0.4) is 0 Å². The molecule has 3 rings (SSSR count). The Kier molecular flexibility index (Phi) is 3.52. The van der Waals surface area contributed by atoms with Gasteiger partial charge in [0.15, 0.2) is 0 Å². The van der Waals surface area contributed by atoms with Crippen molar-refractivity contribution in [2.45, 2.75) is 12.8 Å². The van der Waals surface area contributed by atoms with Crippen LogP contribution < -0.4 is 4.74 Å². The Morgan fingerprint density at radius 3 is 2.55 bits per heavy atom. The molecule has 2 aromatic carbocycles. The number of ether oxygens (including phenoxy) is 1. The van der Waals surface area contributed by atoms with Gasteiger partial charge in [0.2, 0.25) is 0 Å². The third-order valence-electron chi connectivity index (χ3n) is 3.09. The lowest BCUT2D eigenvalue weighted by atomic mass is 10.2. The molecule has 0 aliphatic heterocycles. The van der Waals surface area contributed by atoms with Crippen LogP contribution in [0, 0.1) is 5.82 Å². The molecule has 0 aliphatic carbocycles. The van der Waals surface area contributed by atoms with Crippen molar-refractivity contribution in [1.82, 2.24) is 0 Å². The first kappa shape index (κ1) is 14.4. The minimum absolute atomic E-state index is 0.177. The minimum atomic E-state index is -4.49. The van der Waals surface area contributed by atoms with Crippen LogP contribution in [-0.4, -0.2) is 0 Å². The van der Waals surface area contributed by atoms with E-state index < -0.39 is 17.6 Å². The average Bonchev–Trinajstić information content (AvgIpc) is 2.86. The third kappa shape index (κ3) is 2.90. The Bertz CT molecular complexity index is 805. The van der Waals surface area contributed by atoms with E-state index >= 15 is 0 Å². The summed E-state index contributed by atoms with van der Waals surface area (Å²) < 4.78 is 62.2. The molecule has 0 N–H and O–H groups in total. The van der Waals surface area contributed by atoms with Crippen molar-refractivity contribution in [2.75, 3.05) is 0 Å². The topological polar surface area (TPSA) is 22.4 Å². The van der Waals surface area contributed by atoms with Crippen LogP contribution in [-0.2, 0) is 12.8 Å². The van der Waals surface area contributed by atoms with E-state index in [4.69, 9.17) is 9.15 Å². The zero-order valence-corrected chi connectivity index (χ0v) is 11.2. The monoisotopic (exact) mass is 310 g/mol. The number of alkyl halides is 3. The number of halogens is 4. The third-order valence-corrected chi connectivity index (χ3v) is 3.09. The number of fused-ring (bicyclic) bond motifs is 1. The summed E-state index contributed by atoms with van der Waals surface area (Å²) in [6.07, 6.45) is -4.49. The van der Waals surface area contributed by atoms with Gasteiger partial charge in [0.05, 0.1) is 5.56 Å². The molecule has 1 aromatic heterocycles. The maximum atomic E-state index is 13.1. The molecular weight excluding hydrogens is 300 g/mol. The van der Waals surface area contributed by atoms with E-state index in [1.165, 1.54) is 42.5 Å². The number of rotatable bonds is 3. The quantitative estimate of drug-likeness (QED) is 0.623. The molecule has 0 atom stereocenters. The van der Waals surface area contributed by atoms with Gasteiger partial charge in [0, 0.05) is 5.39 Å². The molecule has 0 unspecified atom stereocenters. The van der Waals surface area contributed by atoms with E-state index in [1.807, 2.05) is 0 Å². The summed E-state index contributed by atoms with van der Waals surface area (Å²) in [5.74, 6) is -0.373. The van der Waals surface area contributed by atoms with Gasteiger partial charge in [-0.3, -0.25) is 0 Å². The van der Waals surface area contributed by atoms with Crippen LogP contribution in [0.1, 0.15) is 11.3 Å². The van der Waals surface area contributed by atoms with E-state index in [0.29, 0.717) is 16.7 Å². The molecule has 114 valence electrons. The van der Waals surface area contributed by atoms with Crippen molar-refractivity contribution in [3.8, 4) is 5.75 Å². The lowest BCUT2D eigenvalue weighted by Gasteiger charge is -2.12. The van der Waals surface area contributed by atoms with Gasteiger partial charge in [-0.1, -0.05) is 12.1 Å². The van der Waals surface area contributed by atoms with Gasteiger partial charge in [0.25, 0.3) is 0 Å². The van der Waals surface area contributed by atoms with Crippen molar-refractivity contribution in [3.05, 3.63) is 65.7 Å². The Morgan fingerprint density at radius 1 is 1.00 bits per heavy atom. The predicted octanol–water partition coefficient (Wildman–Crippen LogP) is 5.17. The first-order chi connectivity index (χ1) is 10.4. The Hall–Kier alpha value is -2.50. The molecule has 0 amide bonds. The van der Waals surface area contributed by atoms with E-state index in [0.717, 1.165) is 6.07 Å². The molecule has 0 fully saturated rings. The van der Waals surface area contributed by atoms with Crippen molar-refractivity contribution in [2.24, 2.45) is 0 Å². The van der Waals surface area contributed by atoms with E-state index in [-0.39, 0.29) is 12.4 Å². The van der Waals surface area contributed by atoms with Gasteiger partial charge in [-0.2, -0.15) is 13.2 Å². The summed E-state index contributed by atoms with van der Waals surface area (Å²) in [5.41, 5.74) is -0.402. The second-order valence-electron chi connectivity index (χ2n) is 4.68. The van der Waals surface area contributed by atoms with Crippen LogP contribution in [0.15, 0.2) is 52.9 Å². The van der Waals surface area contributed by atoms with Gasteiger partial charge < -0.3 is 9.15 Å². The fraction of sp³-hybridized carbons (Fsp3) is 0.125. The second-order valence-corrected chi connectivity index (χ2v) is 4.68. The molecule has 22 heavy (non-hydrogen) atoms. The fourth-order valence-electron chi connectivity index (χ4n) is 2.12. The number of hydrogen-bond acceptors (Lipinski definition) is 2. The molecule has 0 saturated heterocycles. The SMILES string of the molecule is Fc1ccc2oc(COc3ccccc3C(F)(F)F)cc2c1.